The molecule has 1 atom stereocenters. The molecule has 1 unspecified atom stereocenters. The van der Waals surface area contributed by atoms with Crippen LogP contribution in [0.1, 0.15) is 29.0 Å². The Morgan fingerprint density at radius 2 is 2.33 bits per heavy atom. The molecule has 1 aromatic carbocycles. The molecular formula is C16H18Cl2FN3O2. The third-order valence-corrected chi connectivity index (χ3v) is 4.28. The molecule has 3 rings (SSSR count). The van der Waals surface area contributed by atoms with Crippen molar-refractivity contribution in [3.05, 3.63) is 40.4 Å². The van der Waals surface area contributed by atoms with Gasteiger partial charge in [0.15, 0.2) is 0 Å². The van der Waals surface area contributed by atoms with Crippen molar-refractivity contribution in [1.29, 1.82) is 0 Å². The Balaban J connectivity index is 0.00000208. The van der Waals surface area contributed by atoms with Crippen LogP contribution < -0.4 is 10.6 Å². The van der Waals surface area contributed by atoms with E-state index < -0.39 is 5.82 Å². The van der Waals surface area contributed by atoms with Crippen LogP contribution in [0.3, 0.4) is 0 Å². The van der Waals surface area contributed by atoms with Crippen molar-refractivity contribution in [2.75, 3.05) is 13.1 Å². The monoisotopic (exact) mass is 373 g/mol. The highest BCUT2D eigenvalue weighted by Gasteiger charge is 2.26. The maximum atomic E-state index is 14.1. The van der Waals surface area contributed by atoms with Gasteiger partial charge in [0.1, 0.15) is 22.8 Å². The first-order chi connectivity index (χ1) is 11.1. The molecule has 2 heterocycles. The van der Waals surface area contributed by atoms with E-state index in [1.165, 1.54) is 12.1 Å². The van der Waals surface area contributed by atoms with E-state index in [4.69, 9.17) is 16.1 Å². The number of rotatable bonds is 4. The summed E-state index contributed by atoms with van der Waals surface area (Å²) in [4.78, 5) is 12.5. The van der Waals surface area contributed by atoms with Crippen molar-refractivity contribution >= 4 is 29.9 Å². The summed E-state index contributed by atoms with van der Waals surface area (Å²) >= 11 is 6.07. The number of aromatic nitrogens is 1. The summed E-state index contributed by atoms with van der Waals surface area (Å²) < 4.78 is 19.2. The Bertz CT molecular complexity index is 710. The van der Waals surface area contributed by atoms with Crippen LogP contribution in [-0.2, 0) is 0 Å². The molecule has 0 aliphatic carbocycles. The van der Waals surface area contributed by atoms with Gasteiger partial charge in [-0.05, 0) is 38.4 Å². The predicted octanol–water partition coefficient (Wildman–Crippen LogP) is 3.35. The molecule has 5 nitrogen and oxygen atoms in total. The maximum Gasteiger partial charge on any atom is 0.257 e. The molecule has 0 saturated carbocycles. The zero-order valence-electron chi connectivity index (χ0n) is 13.1. The van der Waals surface area contributed by atoms with E-state index in [-0.39, 0.29) is 46.2 Å². The quantitative estimate of drug-likeness (QED) is 0.862. The second-order valence-corrected chi connectivity index (χ2v) is 5.97. The molecule has 2 aromatic rings. The van der Waals surface area contributed by atoms with Crippen LogP contribution in [0.5, 0.6) is 0 Å². The first-order valence-electron chi connectivity index (χ1n) is 7.50. The van der Waals surface area contributed by atoms with E-state index in [0.29, 0.717) is 12.3 Å². The molecule has 2 N–H and O–H groups in total. The van der Waals surface area contributed by atoms with E-state index in [2.05, 4.69) is 15.8 Å². The molecule has 1 aliphatic rings. The summed E-state index contributed by atoms with van der Waals surface area (Å²) in [5, 5.41) is 10.2. The Morgan fingerprint density at radius 3 is 3.00 bits per heavy atom. The van der Waals surface area contributed by atoms with Gasteiger partial charge < -0.3 is 15.2 Å². The van der Waals surface area contributed by atoms with Gasteiger partial charge in [-0.1, -0.05) is 22.8 Å². The number of carbonyl (C=O) groups is 1. The fraction of sp³-hybridized carbons (Fsp3) is 0.375. The summed E-state index contributed by atoms with van der Waals surface area (Å²) in [5.74, 6) is -0.555. The molecule has 1 saturated heterocycles. The number of amides is 1. The van der Waals surface area contributed by atoms with Gasteiger partial charge in [0.2, 0.25) is 0 Å². The van der Waals surface area contributed by atoms with Crippen LogP contribution in [0.4, 0.5) is 4.39 Å². The van der Waals surface area contributed by atoms with Crippen molar-refractivity contribution < 1.29 is 13.7 Å². The molecule has 0 spiro atoms. The van der Waals surface area contributed by atoms with E-state index in [0.717, 1.165) is 19.4 Å². The number of hydrogen-bond acceptors (Lipinski definition) is 4. The van der Waals surface area contributed by atoms with Crippen molar-refractivity contribution in [1.82, 2.24) is 15.8 Å². The van der Waals surface area contributed by atoms with Gasteiger partial charge in [-0.15, -0.1) is 12.4 Å². The molecule has 130 valence electrons. The van der Waals surface area contributed by atoms with Crippen molar-refractivity contribution in [2.45, 2.75) is 25.8 Å². The van der Waals surface area contributed by atoms with E-state index in [1.807, 2.05) is 0 Å². The molecule has 24 heavy (non-hydrogen) atoms. The minimum atomic E-state index is -0.544. The average molecular weight is 374 g/mol. The second kappa shape index (κ2) is 7.96. The predicted molar refractivity (Wildman–Crippen MR) is 92.2 cm³/mol. The summed E-state index contributed by atoms with van der Waals surface area (Å²) in [6.45, 7) is 3.09. The highest BCUT2D eigenvalue weighted by Crippen LogP contribution is 2.33. The molecule has 0 bridgehead atoms. The van der Waals surface area contributed by atoms with Crippen LogP contribution in [0, 0.1) is 12.7 Å². The maximum absolute atomic E-state index is 14.1. The molecule has 8 heteroatoms. The van der Waals surface area contributed by atoms with Crippen molar-refractivity contribution in [2.24, 2.45) is 0 Å². The molecule has 1 aromatic heterocycles. The van der Waals surface area contributed by atoms with Crippen LogP contribution in [0.15, 0.2) is 22.7 Å². The first-order valence-corrected chi connectivity index (χ1v) is 7.88. The zero-order chi connectivity index (χ0) is 16.4. The number of halogens is 3. The fourth-order valence-electron chi connectivity index (χ4n) is 2.77. The standard InChI is InChI=1S/C16H17ClFN3O2.ClH/c1-9-13(16(22)20-8-10-4-3-7-19-10)15(21-23-9)14-11(17)5-2-6-12(14)18;/h2,5-6,10,19H,3-4,7-8H2,1H3,(H,20,22);1H. The Kier molecular flexibility index (Phi) is 6.21. The van der Waals surface area contributed by atoms with Gasteiger partial charge in [-0.3, -0.25) is 4.79 Å². The largest absolute Gasteiger partial charge is 0.360 e. The molecule has 1 aliphatic heterocycles. The van der Waals surface area contributed by atoms with Gasteiger partial charge >= 0.3 is 0 Å². The number of benzene rings is 1. The lowest BCUT2D eigenvalue weighted by Gasteiger charge is -2.12. The smallest absolute Gasteiger partial charge is 0.257 e. The normalized spacial score (nSPS) is 16.7. The number of nitrogens with zero attached hydrogens (tertiary/aromatic N) is 1. The Hall–Kier alpha value is -1.63. The lowest BCUT2D eigenvalue weighted by molar-refractivity contribution is 0.0949. The average Bonchev–Trinajstić information content (AvgIpc) is 3.15. The van der Waals surface area contributed by atoms with Crippen LogP contribution >= 0.6 is 24.0 Å². The summed E-state index contributed by atoms with van der Waals surface area (Å²) in [6.07, 6.45) is 2.12. The Labute approximate surface area is 150 Å². The number of carbonyl (C=O) groups excluding carboxylic acids is 1. The minimum absolute atomic E-state index is 0. The summed E-state index contributed by atoms with van der Waals surface area (Å²) in [5.41, 5.74) is 0.424. The highest BCUT2D eigenvalue weighted by molar-refractivity contribution is 6.33. The third kappa shape index (κ3) is 3.71. The summed E-state index contributed by atoms with van der Waals surface area (Å²) in [6, 6.07) is 4.59. The lowest BCUT2D eigenvalue weighted by atomic mass is 10.0. The number of aryl methyl sites for hydroxylation is 1. The van der Waals surface area contributed by atoms with Gasteiger partial charge in [0, 0.05) is 12.6 Å². The van der Waals surface area contributed by atoms with E-state index in [9.17, 15) is 9.18 Å². The number of nitrogens with one attached hydrogen (secondary N) is 2. The number of hydrogen-bond donors (Lipinski definition) is 2. The second-order valence-electron chi connectivity index (χ2n) is 5.56. The molecule has 1 amide bonds. The topological polar surface area (TPSA) is 67.2 Å². The fourth-order valence-corrected chi connectivity index (χ4v) is 3.02. The van der Waals surface area contributed by atoms with Crippen molar-refractivity contribution in [3.63, 3.8) is 0 Å². The van der Waals surface area contributed by atoms with Gasteiger partial charge in [0.05, 0.1) is 10.6 Å². The molecule has 1 fully saturated rings. The highest BCUT2D eigenvalue weighted by atomic mass is 35.5. The molecular weight excluding hydrogens is 356 g/mol. The minimum Gasteiger partial charge on any atom is -0.360 e. The van der Waals surface area contributed by atoms with Gasteiger partial charge in [-0.25, -0.2) is 4.39 Å². The third-order valence-electron chi connectivity index (χ3n) is 3.96. The molecule has 0 radical (unpaired) electrons. The Morgan fingerprint density at radius 1 is 1.54 bits per heavy atom. The lowest BCUT2D eigenvalue weighted by Crippen LogP contribution is -2.37. The zero-order valence-corrected chi connectivity index (χ0v) is 14.6. The van der Waals surface area contributed by atoms with Crippen LogP contribution in [-0.4, -0.2) is 30.2 Å². The first kappa shape index (κ1) is 18.7. The van der Waals surface area contributed by atoms with E-state index in [1.54, 1.807) is 13.0 Å². The van der Waals surface area contributed by atoms with Crippen LogP contribution in [0.25, 0.3) is 11.3 Å². The van der Waals surface area contributed by atoms with Gasteiger partial charge in [0.25, 0.3) is 5.91 Å². The van der Waals surface area contributed by atoms with E-state index >= 15 is 0 Å². The SMILES string of the molecule is Cc1onc(-c2c(F)cccc2Cl)c1C(=O)NCC1CCCN1.Cl. The van der Waals surface area contributed by atoms with Crippen LogP contribution in [0.2, 0.25) is 5.02 Å². The van der Waals surface area contributed by atoms with Crippen molar-refractivity contribution in [3.8, 4) is 11.3 Å². The summed E-state index contributed by atoms with van der Waals surface area (Å²) in [7, 11) is 0. The van der Waals surface area contributed by atoms with Gasteiger partial charge in [-0.2, -0.15) is 0 Å².